The van der Waals surface area contributed by atoms with Crippen molar-refractivity contribution in [1.82, 2.24) is 10.2 Å². The standard InChI is InChI=1S/C20H29N3O4/c1-20(2,3)19(26)22-15-9-7-14(8-10-15)18(25)23-12-5-6-16(23)17(24)21-11-13-27-4/h7-10,16H,5-6,11-13H2,1-4H3,(H,21,24)(H,22,26). The van der Waals surface area contributed by atoms with Gasteiger partial charge in [0, 0.05) is 36.9 Å². The Labute approximate surface area is 160 Å². The molecule has 0 spiro atoms. The first-order valence-electron chi connectivity index (χ1n) is 9.23. The molecular weight excluding hydrogens is 346 g/mol. The summed E-state index contributed by atoms with van der Waals surface area (Å²) in [5.74, 6) is -0.408. The molecule has 27 heavy (non-hydrogen) atoms. The molecule has 1 aromatic carbocycles. The van der Waals surface area contributed by atoms with Gasteiger partial charge >= 0.3 is 0 Å². The molecule has 1 unspecified atom stereocenters. The lowest BCUT2D eigenvalue weighted by molar-refractivity contribution is -0.125. The highest BCUT2D eigenvalue weighted by Crippen LogP contribution is 2.22. The summed E-state index contributed by atoms with van der Waals surface area (Å²) >= 11 is 0. The van der Waals surface area contributed by atoms with Gasteiger partial charge in [0.1, 0.15) is 6.04 Å². The Morgan fingerprint density at radius 2 is 1.85 bits per heavy atom. The van der Waals surface area contributed by atoms with Gasteiger partial charge in [-0.15, -0.1) is 0 Å². The fourth-order valence-electron chi connectivity index (χ4n) is 2.86. The zero-order valence-electron chi connectivity index (χ0n) is 16.5. The largest absolute Gasteiger partial charge is 0.383 e. The maximum Gasteiger partial charge on any atom is 0.254 e. The maximum absolute atomic E-state index is 12.8. The average molecular weight is 375 g/mol. The van der Waals surface area contributed by atoms with Gasteiger partial charge in [0.05, 0.1) is 6.61 Å². The van der Waals surface area contributed by atoms with E-state index >= 15 is 0 Å². The Hall–Kier alpha value is -2.41. The van der Waals surface area contributed by atoms with Gasteiger partial charge in [-0.25, -0.2) is 0 Å². The summed E-state index contributed by atoms with van der Waals surface area (Å²) in [6.07, 6.45) is 1.46. The fourth-order valence-corrected chi connectivity index (χ4v) is 2.86. The van der Waals surface area contributed by atoms with Crippen molar-refractivity contribution in [3.63, 3.8) is 0 Å². The molecular formula is C20H29N3O4. The molecule has 1 aliphatic heterocycles. The Kier molecular flexibility index (Phi) is 6.96. The zero-order chi connectivity index (χ0) is 20.0. The Balaban J connectivity index is 2.01. The quantitative estimate of drug-likeness (QED) is 0.745. The molecule has 0 aromatic heterocycles. The van der Waals surface area contributed by atoms with Gasteiger partial charge < -0.3 is 20.3 Å². The molecule has 1 aliphatic rings. The van der Waals surface area contributed by atoms with Crippen molar-refractivity contribution < 1.29 is 19.1 Å². The summed E-state index contributed by atoms with van der Waals surface area (Å²) in [6.45, 7) is 6.94. The first kappa shape index (κ1) is 20.9. The second kappa shape index (κ2) is 8.99. The fraction of sp³-hybridized carbons (Fsp3) is 0.550. The van der Waals surface area contributed by atoms with Crippen LogP contribution in [-0.2, 0) is 14.3 Å². The third kappa shape index (κ3) is 5.53. The van der Waals surface area contributed by atoms with E-state index < -0.39 is 11.5 Å². The van der Waals surface area contributed by atoms with Crippen LogP contribution in [0.4, 0.5) is 5.69 Å². The molecule has 3 amide bonds. The predicted octanol–water partition coefficient (Wildman–Crippen LogP) is 2.04. The van der Waals surface area contributed by atoms with Crippen LogP contribution in [0.1, 0.15) is 44.0 Å². The monoisotopic (exact) mass is 375 g/mol. The minimum absolute atomic E-state index is 0.0890. The molecule has 0 saturated carbocycles. The van der Waals surface area contributed by atoms with Gasteiger partial charge in [0.25, 0.3) is 5.91 Å². The molecule has 7 heteroatoms. The molecule has 0 radical (unpaired) electrons. The Bertz CT molecular complexity index is 679. The highest BCUT2D eigenvalue weighted by atomic mass is 16.5. The predicted molar refractivity (Wildman–Crippen MR) is 103 cm³/mol. The van der Waals surface area contributed by atoms with Gasteiger partial charge in [-0.1, -0.05) is 20.8 Å². The smallest absolute Gasteiger partial charge is 0.254 e. The van der Waals surface area contributed by atoms with Gasteiger partial charge in [-0.2, -0.15) is 0 Å². The van der Waals surface area contributed by atoms with E-state index in [2.05, 4.69) is 10.6 Å². The first-order valence-corrected chi connectivity index (χ1v) is 9.23. The number of hydrogen-bond acceptors (Lipinski definition) is 4. The molecule has 148 valence electrons. The summed E-state index contributed by atoms with van der Waals surface area (Å²) in [6, 6.07) is 6.33. The number of ether oxygens (including phenoxy) is 1. The van der Waals surface area contributed by atoms with E-state index in [9.17, 15) is 14.4 Å². The topological polar surface area (TPSA) is 87.7 Å². The van der Waals surface area contributed by atoms with E-state index in [4.69, 9.17) is 4.74 Å². The summed E-state index contributed by atoms with van der Waals surface area (Å²) in [7, 11) is 1.57. The Morgan fingerprint density at radius 3 is 2.44 bits per heavy atom. The highest BCUT2D eigenvalue weighted by Gasteiger charge is 2.34. The number of nitrogens with zero attached hydrogens (tertiary/aromatic N) is 1. The molecule has 1 heterocycles. The van der Waals surface area contributed by atoms with Crippen LogP contribution in [0.25, 0.3) is 0 Å². The number of nitrogens with one attached hydrogen (secondary N) is 2. The van der Waals surface area contributed by atoms with Crippen molar-refractivity contribution in [2.75, 3.05) is 32.1 Å². The van der Waals surface area contributed by atoms with Gasteiger partial charge in [0.15, 0.2) is 0 Å². The van der Waals surface area contributed by atoms with Crippen LogP contribution in [0.2, 0.25) is 0 Å². The van der Waals surface area contributed by atoms with Crippen molar-refractivity contribution in [2.45, 2.75) is 39.7 Å². The van der Waals surface area contributed by atoms with Crippen LogP contribution >= 0.6 is 0 Å². The van der Waals surface area contributed by atoms with E-state index in [-0.39, 0.29) is 17.7 Å². The summed E-state index contributed by atoms with van der Waals surface area (Å²) in [4.78, 5) is 38.8. The van der Waals surface area contributed by atoms with Crippen LogP contribution in [0.3, 0.4) is 0 Å². The lowest BCUT2D eigenvalue weighted by Gasteiger charge is -2.24. The highest BCUT2D eigenvalue weighted by molar-refractivity contribution is 5.99. The van der Waals surface area contributed by atoms with Crippen LogP contribution < -0.4 is 10.6 Å². The van der Waals surface area contributed by atoms with E-state index in [1.807, 2.05) is 20.8 Å². The number of hydrogen-bond donors (Lipinski definition) is 2. The molecule has 0 bridgehead atoms. The number of rotatable bonds is 6. The normalized spacial score (nSPS) is 16.9. The molecule has 2 rings (SSSR count). The van der Waals surface area contributed by atoms with Gasteiger partial charge in [-0.3, -0.25) is 14.4 Å². The second-order valence-electron chi connectivity index (χ2n) is 7.72. The minimum Gasteiger partial charge on any atom is -0.383 e. The molecule has 2 N–H and O–H groups in total. The molecule has 1 atom stereocenters. The molecule has 1 aromatic rings. The lowest BCUT2D eigenvalue weighted by atomic mass is 9.95. The summed E-state index contributed by atoms with van der Waals surface area (Å²) in [5, 5.41) is 5.63. The van der Waals surface area contributed by atoms with E-state index in [0.29, 0.717) is 37.4 Å². The molecule has 1 saturated heterocycles. The number of amides is 3. The maximum atomic E-state index is 12.8. The number of carbonyl (C=O) groups excluding carboxylic acids is 3. The van der Waals surface area contributed by atoms with E-state index in [1.165, 1.54) is 0 Å². The number of benzene rings is 1. The Morgan fingerprint density at radius 1 is 1.19 bits per heavy atom. The third-order valence-electron chi connectivity index (χ3n) is 4.49. The zero-order valence-corrected chi connectivity index (χ0v) is 16.5. The van der Waals surface area contributed by atoms with Crippen LogP contribution in [0, 0.1) is 5.41 Å². The van der Waals surface area contributed by atoms with Crippen molar-refractivity contribution >= 4 is 23.4 Å². The average Bonchev–Trinajstić information content (AvgIpc) is 3.11. The summed E-state index contributed by atoms with van der Waals surface area (Å²) < 4.78 is 4.93. The SMILES string of the molecule is COCCNC(=O)C1CCCN1C(=O)c1ccc(NC(=O)C(C)(C)C)cc1. The van der Waals surface area contributed by atoms with Crippen LogP contribution in [0.15, 0.2) is 24.3 Å². The number of methoxy groups -OCH3 is 1. The third-order valence-corrected chi connectivity index (χ3v) is 4.49. The van der Waals surface area contributed by atoms with E-state index in [1.54, 1.807) is 36.3 Å². The van der Waals surface area contributed by atoms with Crippen LogP contribution in [0.5, 0.6) is 0 Å². The van der Waals surface area contributed by atoms with Crippen molar-refractivity contribution in [1.29, 1.82) is 0 Å². The van der Waals surface area contributed by atoms with E-state index in [0.717, 1.165) is 6.42 Å². The van der Waals surface area contributed by atoms with Crippen molar-refractivity contribution in [2.24, 2.45) is 5.41 Å². The second-order valence-corrected chi connectivity index (χ2v) is 7.72. The lowest BCUT2D eigenvalue weighted by Crippen LogP contribution is -2.46. The first-order chi connectivity index (χ1) is 12.7. The molecule has 0 aliphatic carbocycles. The minimum atomic E-state index is -0.493. The number of likely N-dealkylation sites (tertiary alicyclic amines) is 1. The van der Waals surface area contributed by atoms with Crippen molar-refractivity contribution in [3.05, 3.63) is 29.8 Å². The van der Waals surface area contributed by atoms with Gasteiger partial charge in [-0.05, 0) is 37.1 Å². The molecule has 7 nitrogen and oxygen atoms in total. The summed E-state index contributed by atoms with van der Waals surface area (Å²) in [5.41, 5.74) is 0.648. The van der Waals surface area contributed by atoms with Crippen molar-refractivity contribution in [3.8, 4) is 0 Å². The number of anilines is 1. The van der Waals surface area contributed by atoms with Crippen LogP contribution in [-0.4, -0.2) is 55.5 Å². The number of carbonyl (C=O) groups is 3. The van der Waals surface area contributed by atoms with Gasteiger partial charge in [0.2, 0.25) is 11.8 Å². The molecule has 1 fully saturated rings.